The third-order valence-electron chi connectivity index (χ3n) is 2.66. The minimum absolute atomic E-state index is 0.538. The number of ether oxygens (including phenoxy) is 1. The van der Waals surface area contributed by atoms with Gasteiger partial charge in [-0.2, -0.15) is 0 Å². The average Bonchev–Trinajstić information content (AvgIpc) is 2.63. The van der Waals surface area contributed by atoms with Crippen molar-refractivity contribution in [3.05, 3.63) is 23.8 Å². The highest BCUT2D eigenvalue weighted by Crippen LogP contribution is 2.37. The van der Waals surface area contributed by atoms with Crippen LogP contribution >= 0.6 is 11.8 Å². The molecule has 0 amide bonds. The predicted octanol–water partition coefficient (Wildman–Crippen LogP) is 2.78. The van der Waals surface area contributed by atoms with Gasteiger partial charge >= 0.3 is 5.97 Å². The number of thioether (sulfide) groups is 1. The summed E-state index contributed by atoms with van der Waals surface area (Å²) in [5.74, 6) is 0.792. The number of carboxylic acid groups (broad SMARTS) is 1. The zero-order valence-electron chi connectivity index (χ0n) is 9.32. The average molecular weight is 238 g/mol. The van der Waals surface area contributed by atoms with Gasteiger partial charge in [0.25, 0.3) is 0 Å². The highest BCUT2D eigenvalue weighted by atomic mass is 32.2. The predicted molar refractivity (Wildman–Crippen MR) is 62.9 cm³/mol. The standard InChI is InChI=1S/C12H14O3S/c1-12(2,11(13)14)6-8-3-4-9-10(5-8)16-7-15-9/h3-5H,6-7H2,1-2H3,(H,13,14). The number of aliphatic carboxylic acids is 1. The van der Waals surface area contributed by atoms with E-state index in [1.807, 2.05) is 18.2 Å². The topological polar surface area (TPSA) is 46.5 Å². The van der Waals surface area contributed by atoms with Crippen LogP contribution in [0.4, 0.5) is 0 Å². The summed E-state index contributed by atoms with van der Waals surface area (Å²) in [5, 5.41) is 9.07. The van der Waals surface area contributed by atoms with Crippen molar-refractivity contribution in [2.75, 3.05) is 5.94 Å². The van der Waals surface area contributed by atoms with Gasteiger partial charge in [-0.3, -0.25) is 4.79 Å². The van der Waals surface area contributed by atoms with Crippen molar-refractivity contribution < 1.29 is 14.6 Å². The maximum Gasteiger partial charge on any atom is 0.309 e. The summed E-state index contributed by atoms with van der Waals surface area (Å²) in [5.41, 5.74) is 0.322. The number of hydrogen-bond acceptors (Lipinski definition) is 3. The quantitative estimate of drug-likeness (QED) is 0.879. The van der Waals surface area contributed by atoms with E-state index in [9.17, 15) is 4.79 Å². The largest absolute Gasteiger partial charge is 0.481 e. The fourth-order valence-corrected chi connectivity index (χ4v) is 2.45. The van der Waals surface area contributed by atoms with Crippen molar-refractivity contribution in [3.8, 4) is 5.75 Å². The highest BCUT2D eigenvalue weighted by Gasteiger charge is 2.27. The van der Waals surface area contributed by atoms with Crippen LogP contribution < -0.4 is 4.74 Å². The number of rotatable bonds is 3. The van der Waals surface area contributed by atoms with Crippen molar-refractivity contribution >= 4 is 17.7 Å². The molecule has 0 unspecified atom stereocenters. The number of carbonyl (C=O) groups is 1. The van der Waals surface area contributed by atoms with Gasteiger partial charge in [-0.25, -0.2) is 0 Å². The Morgan fingerprint density at radius 1 is 1.56 bits per heavy atom. The molecule has 1 aliphatic heterocycles. The van der Waals surface area contributed by atoms with Gasteiger partial charge in [-0.1, -0.05) is 17.8 Å². The Morgan fingerprint density at radius 3 is 3.00 bits per heavy atom. The number of carboxylic acids is 1. The third-order valence-corrected chi connectivity index (χ3v) is 3.53. The van der Waals surface area contributed by atoms with Gasteiger partial charge in [-0.15, -0.1) is 0 Å². The number of fused-ring (bicyclic) bond motifs is 1. The van der Waals surface area contributed by atoms with Crippen LogP contribution in [0, 0.1) is 5.41 Å². The molecule has 1 N–H and O–H groups in total. The molecule has 0 aromatic heterocycles. The van der Waals surface area contributed by atoms with Crippen LogP contribution in [0.3, 0.4) is 0 Å². The summed E-state index contributed by atoms with van der Waals surface area (Å²) < 4.78 is 5.38. The van der Waals surface area contributed by atoms with E-state index in [2.05, 4.69) is 0 Å². The third kappa shape index (κ3) is 2.16. The van der Waals surface area contributed by atoms with Crippen molar-refractivity contribution in [2.24, 2.45) is 5.41 Å². The lowest BCUT2D eigenvalue weighted by Gasteiger charge is -2.19. The van der Waals surface area contributed by atoms with Crippen molar-refractivity contribution in [1.29, 1.82) is 0 Å². The minimum Gasteiger partial charge on any atom is -0.481 e. The van der Waals surface area contributed by atoms with E-state index in [0.717, 1.165) is 16.2 Å². The molecule has 1 aromatic carbocycles. The van der Waals surface area contributed by atoms with Gasteiger partial charge in [0.15, 0.2) is 0 Å². The maximum atomic E-state index is 11.0. The van der Waals surface area contributed by atoms with E-state index in [1.165, 1.54) is 0 Å². The Morgan fingerprint density at radius 2 is 2.31 bits per heavy atom. The van der Waals surface area contributed by atoms with E-state index in [0.29, 0.717) is 12.4 Å². The first kappa shape index (κ1) is 11.3. The van der Waals surface area contributed by atoms with E-state index in [4.69, 9.17) is 9.84 Å². The van der Waals surface area contributed by atoms with E-state index >= 15 is 0 Å². The van der Waals surface area contributed by atoms with E-state index in [1.54, 1.807) is 25.6 Å². The molecule has 0 spiro atoms. The van der Waals surface area contributed by atoms with Crippen molar-refractivity contribution in [1.82, 2.24) is 0 Å². The van der Waals surface area contributed by atoms with Gasteiger partial charge in [0.05, 0.1) is 10.3 Å². The molecule has 1 heterocycles. The first-order valence-corrected chi connectivity index (χ1v) is 6.09. The fraction of sp³-hybridized carbons (Fsp3) is 0.417. The number of hydrogen-bond donors (Lipinski definition) is 1. The summed E-state index contributed by atoms with van der Waals surface area (Å²) in [6.07, 6.45) is 0.538. The van der Waals surface area contributed by atoms with Gasteiger partial charge in [0.1, 0.15) is 11.7 Å². The summed E-state index contributed by atoms with van der Waals surface area (Å²) in [6.45, 7) is 3.48. The molecule has 1 aliphatic rings. The SMILES string of the molecule is CC(C)(Cc1ccc2c(c1)SCO2)C(=O)O. The zero-order valence-corrected chi connectivity index (χ0v) is 10.1. The summed E-state index contributed by atoms with van der Waals surface area (Å²) in [4.78, 5) is 12.1. The monoisotopic (exact) mass is 238 g/mol. The van der Waals surface area contributed by atoms with Crippen LogP contribution in [-0.4, -0.2) is 17.0 Å². The van der Waals surface area contributed by atoms with Crippen molar-refractivity contribution in [3.63, 3.8) is 0 Å². The van der Waals surface area contributed by atoms with Crippen LogP contribution in [-0.2, 0) is 11.2 Å². The molecule has 0 fully saturated rings. The van der Waals surface area contributed by atoms with Gasteiger partial charge in [0.2, 0.25) is 0 Å². The second-order valence-electron chi connectivity index (χ2n) is 4.55. The molecule has 3 nitrogen and oxygen atoms in total. The molecule has 1 aromatic rings. The van der Waals surface area contributed by atoms with Crippen LogP contribution in [0.5, 0.6) is 5.75 Å². The zero-order chi connectivity index (χ0) is 11.8. The molecule has 2 rings (SSSR count). The second-order valence-corrected chi connectivity index (χ2v) is 5.52. The molecule has 4 heteroatoms. The Kier molecular flexibility index (Phi) is 2.84. The van der Waals surface area contributed by atoms with Gasteiger partial charge < -0.3 is 9.84 Å². The lowest BCUT2D eigenvalue weighted by molar-refractivity contribution is -0.146. The van der Waals surface area contributed by atoms with Crippen LogP contribution in [0.1, 0.15) is 19.4 Å². The molecular weight excluding hydrogens is 224 g/mol. The number of benzene rings is 1. The molecule has 0 saturated heterocycles. The Balaban J connectivity index is 2.20. The van der Waals surface area contributed by atoms with Gasteiger partial charge in [0, 0.05) is 0 Å². The molecular formula is C12H14O3S. The smallest absolute Gasteiger partial charge is 0.309 e. The summed E-state index contributed by atoms with van der Waals surface area (Å²) in [7, 11) is 0. The Bertz CT molecular complexity index is 426. The van der Waals surface area contributed by atoms with Gasteiger partial charge in [-0.05, 0) is 38.0 Å². The van der Waals surface area contributed by atoms with E-state index < -0.39 is 11.4 Å². The molecule has 0 bridgehead atoms. The van der Waals surface area contributed by atoms with Crippen molar-refractivity contribution in [2.45, 2.75) is 25.2 Å². The Hall–Kier alpha value is -1.16. The normalized spacial score (nSPS) is 14.4. The second kappa shape index (κ2) is 4.01. The highest BCUT2D eigenvalue weighted by molar-refractivity contribution is 7.99. The minimum atomic E-state index is -0.767. The molecule has 16 heavy (non-hydrogen) atoms. The Labute approximate surface area is 98.8 Å². The van der Waals surface area contributed by atoms with Crippen LogP contribution in [0.2, 0.25) is 0 Å². The molecule has 0 radical (unpaired) electrons. The first-order chi connectivity index (χ1) is 7.49. The van der Waals surface area contributed by atoms with Crippen LogP contribution in [0.25, 0.3) is 0 Å². The molecule has 0 aliphatic carbocycles. The summed E-state index contributed by atoms with van der Waals surface area (Å²) in [6, 6.07) is 5.88. The summed E-state index contributed by atoms with van der Waals surface area (Å²) >= 11 is 1.65. The first-order valence-electron chi connectivity index (χ1n) is 5.11. The van der Waals surface area contributed by atoms with Crippen LogP contribution in [0.15, 0.2) is 23.1 Å². The lowest BCUT2D eigenvalue weighted by atomic mass is 9.86. The lowest BCUT2D eigenvalue weighted by Crippen LogP contribution is -2.26. The molecule has 0 atom stereocenters. The molecule has 0 saturated carbocycles. The fourth-order valence-electron chi connectivity index (χ4n) is 1.64. The van der Waals surface area contributed by atoms with E-state index in [-0.39, 0.29) is 0 Å². The molecule has 86 valence electrons. The maximum absolute atomic E-state index is 11.0.